The minimum atomic E-state index is -3.39. The summed E-state index contributed by atoms with van der Waals surface area (Å²) in [6.45, 7) is 4.00. The molecule has 2 rings (SSSR count). The molecular formula is C17H26N2O3S. The van der Waals surface area contributed by atoms with E-state index >= 15 is 0 Å². The molecule has 1 heterocycles. The number of carbonyl (C=O) groups excluding carboxylic acids is 1. The summed E-state index contributed by atoms with van der Waals surface area (Å²) in [7, 11) is -1.44. The zero-order valence-corrected chi connectivity index (χ0v) is 14.7. The second-order valence-corrected chi connectivity index (χ2v) is 8.27. The summed E-state index contributed by atoms with van der Waals surface area (Å²) in [5.74, 6) is 0.481. The number of carbonyl (C=O) groups is 1. The van der Waals surface area contributed by atoms with Crippen molar-refractivity contribution < 1.29 is 13.2 Å². The summed E-state index contributed by atoms with van der Waals surface area (Å²) >= 11 is 0. The van der Waals surface area contributed by atoms with Crippen LogP contribution in [0.3, 0.4) is 0 Å². The number of piperidine rings is 1. The molecule has 1 fully saturated rings. The second kappa shape index (κ2) is 7.93. The maximum Gasteiger partial charge on any atom is 0.255 e. The Morgan fingerprint density at radius 3 is 2.52 bits per heavy atom. The third-order valence-electron chi connectivity index (χ3n) is 4.54. The first-order chi connectivity index (χ1) is 11.0. The normalized spacial score (nSPS) is 16.5. The van der Waals surface area contributed by atoms with Crippen LogP contribution in [0.5, 0.6) is 0 Å². The Morgan fingerprint density at radius 2 is 1.91 bits per heavy atom. The topological polar surface area (TPSA) is 66.5 Å². The van der Waals surface area contributed by atoms with Crippen LogP contribution in [0, 0.1) is 5.92 Å². The van der Waals surface area contributed by atoms with E-state index in [0.717, 1.165) is 25.8 Å². The van der Waals surface area contributed by atoms with Gasteiger partial charge >= 0.3 is 0 Å². The van der Waals surface area contributed by atoms with Gasteiger partial charge in [-0.1, -0.05) is 19.1 Å². The number of hydrogen-bond donors (Lipinski definition) is 1. The zero-order valence-electron chi connectivity index (χ0n) is 13.9. The van der Waals surface area contributed by atoms with Crippen LogP contribution in [0.25, 0.3) is 0 Å². The van der Waals surface area contributed by atoms with Crippen LogP contribution in [-0.4, -0.2) is 51.7 Å². The van der Waals surface area contributed by atoms with Crippen LogP contribution >= 0.6 is 0 Å². The lowest BCUT2D eigenvalue weighted by Crippen LogP contribution is -2.39. The van der Waals surface area contributed by atoms with Crippen molar-refractivity contribution in [3.05, 3.63) is 29.8 Å². The van der Waals surface area contributed by atoms with Gasteiger partial charge in [0.05, 0.1) is 16.2 Å². The molecule has 1 aromatic carbocycles. The molecule has 0 radical (unpaired) electrons. The minimum absolute atomic E-state index is 0.00336. The van der Waals surface area contributed by atoms with Gasteiger partial charge in [-0.05, 0) is 50.9 Å². The van der Waals surface area contributed by atoms with Gasteiger partial charge in [0, 0.05) is 13.1 Å². The quantitative estimate of drug-likeness (QED) is 0.861. The molecule has 0 bridgehead atoms. The summed E-state index contributed by atoms with van der Waals surface area (Å²) in [5.41, 5.74) is 0.308. The Labute approximate surface area is 139 Å². The van der Waals surface area contributed by atoms with Gasteiger partial charge in [0.2, 0.25) is 0 Å². The van der Waals surface area contributed by atoms with Crippen molar-refractivity contribution in [2.45, 2.75) is 31.1 Å². The number of amides is 1. The summed E-state index contributed by atoms with van der Waals surface area (Å²) < 4.78 is 24.4. The second-order valence-electron chi connectivity index (χ2n) is 6.03. The largest absolute Gasteiger partial charge is 0.339 e. The third-order valence-corrected chi connectivity index (χ3v) is 6.32. The van der Waals surface area contributed by atoms with Crippen LogP contribution in [0.15, 0.2) is 29.2 Å². The molecule has 6 heteroatoms. The number of hydrogen-bond acceptors (Lipinski definition) is 4. The smallest absolute Gasteiger partial charge is 0.255 e. The summed E-state index contributed by atoms with van der Waals surface area (Å²) in [5, 5.41) is 3.16. The van der Waals surface area contributed by atoms with E-state index in [9.17, 15) is 13.2 Å². The SMILES string of the molecule is CCS(=O)(=O)c1ccccc1C(=O)N1CCC(CCNC)CC1. The zero-order chi connectivity index (χ0) is 16.9. The van der Waals surface area contributed by atoms with E-state index in [4.69, 9.17) is 0 Å². The average Bonchev–Trinajstić information content (AvgIpc) is 2.59. The average molecular weight is 338 g/mol. The molecular weight excluding hydrogens is 312 g/mol. The summed E-state index contributed by atoms with van der Waals surface area (Å²) in [4.78, 5) is 14.7. The molecule has 0 aromatic heterocycles. The third kappa shape index (κ3) is 4.32. The Morgan fingerprint density at radius 1 is 1.26 bits per heavy atom. The number of likely N-dealkylation sites (tertiary alicyclic amines) is 1. The van der Waals surface area contributed by atoms with E-state index in [-0.39, 0.29) is 16.6 Å². The fourth-order valence-corrected chi connectivity index (χ4v) is 4.10. The maximum absolute atomic E-state index is 12.8. The van der Waals surface area contributed by atoms with Gasteiger partial charge in [-0.2, -0.15) is 0 Å². The molecule has 1 amide bonds. The molecule has 5 nitrogen and oxygen atoms in total. The molecule has 0 unspecified atom stereocenters. The number of nitrogens with one attached hydrogen (secondary N) is 1. The maximum atomic E-state index is 12.8. The molecule has 0 aliphatic carbocycles. The van der Waals surface area contributed by atoms with E-state index in [2.05, 4.69) is 5.32 Å². The first-order valence-electron chi connectivity index (χ1n) is 8.25. The van der Waals surface area contributed by atoms with Gasteiger partial charge in [0.25, 0.3) is 5.91 Å². The summed E-state index contributed by atoms with van der Waals surface area (Å²) in [6, 6.07) is 6.55. The molecule has 0 saturated carbocycles. The summed E-state index contributed by atoms with van der Waals surface area (Å²) in [6.07, 6.45) is 3.09. The van der Waals surface area contributed by atoms with Crippen LogP contribution in [0.4, 0.5) is 0 Å². The number of sulfone groups is 1. The molecule has 1 aromatic rings. The van der Waals surface area contributed by atoms with E-state index in [1.807, 2.05) is 7.05 Å². The lowest BCUT2D eigenvalue weighted by molar-refractivity contribution is 0.0683. The Hall–Kier alpha value is -1.40. The van der Waals surface area contributed by atoms with E-state index in [1.54, 1.807) is 30.0 Å². The van der Waals surface area contributed by atoms with Gasteiger partial charge < -0.3 is 10.2 Å². The monoisotopic (exact) mass is 338 g/mol. The molecule has 1 aliphatic heterocycles. The van der Waals surface area contributed by atoms with Crippen LogP contribution in [0.2, 0.25) is 0 Å². The lowest BCUT2D eigenvalue weighted by Gasteiger charge is -2.32. The number of rotatable bonds is 6. The number of benzene rings is 1. The highest BCUT2D eigenvalue weighted by atomic mass is 32.2. The highest BCUT2D eigenvalue weighted by Crippen LogP contribution is 2.24. The highest BCUT2D eigenvalue weighted by Gasteiger charge is 2.27. The van der Waals surface area contributed by atoms with Crippen molar-refractivity contribution in [2.24, 2.45) is 5.92 Å². The van der Waals surface area contributed by atoms with Gasteiger partial charge in [0.15, 0.2) is 9.84 Å². The van der Waals surface area contributed by atoms with Crippen LogP contribution in [-0.2, 0) is 9.84 Å². The predicted molar refractivity (Wildman–Crippen MR) is 91.3 cm³/mol. The Bertz CT molecular complexity index is 635. The fourth-order valence-electron chi connectivity index (χ4n) is 3.01. The highest BCUT2D eigenvalue weighted by molar-refractivity contribution is 7.91. The van der Waals surface area contributed by atoms with Crippen molar-refractivity contribution in [3.8, 4) is 0 Å². The molecule has 1 aliphatic rings. The molecule has 128 valence electrons. The van der Waals surface area contributed by atoms with Crippen molar-refractivity contribution in [1.29, 1.82) is 0 Å². The van der Waals surface area contributed by atoms with Gasteiger partial charge in [0.1, 0.15) is 0 Å². The van der Waals surface area contributed by atoms with Crippen molar-refractivity contribution >= 4 is 15.7 Å². The van der Waals surface area contributed by atoms with E-state index in [0.29, 0.717) is 24.6 Å². The Kier molecular flexibility index (Phi) is 6.18. The van der Waals surface area contributed by atoms with Crippen LogP contribution < -0.4 is 5.32 Å². The minimum Gasteiger partial charge on any atom is -0.339 e. The van der Waals surface area contributed by atoms with E-state index in [1.165, 1.54) is 6.07 Å². The van der Waals surface area contributed by atoms with Gasteiger partial charge in [-0.15, -0.1) is 0 Å². The van der Waals surface area contributed by atoms with Crippen LogP contribution in [0.1, 0.15) is 36.5 Å². The molecule has 1 N–H and O–H groups in total. The van der Waals surface area contributed by atoms with Gasteiger partial charge in [-0.3, -0.25) is 4.79 Å². The molecule has 0 atom stereocenters. The fraction of sp³-hybridized carbons (Fsp3) is 0.588. The lowest BCUT2D eigenvalue weighted by atomic mass is 9.93. The van der Waals surface area contributed by atoms with Gasteiger partial charge in [-0.25, -0.2) is 8.42 Å². The molecule has 1 saturated heterocycles. The van der Waals surface area contributed by atoms with Crippen molar-refractivity contribution in [3.63, 3.8) is 0 Å². The van der Waals surface area contributed by atoms with Crippen molar-refractivity contribution in [2.75, 3.05) is 32.4 Å². The first-order valence-corrected chi connectivity index (χ1v) is 9.90. The first kappa shape index (κ1) is 17.9. The Balaban J connectivity index is 2.11. The molecule has 23 heavy (non-hydrogen) atoms. The van der Waals surface area contributed by atoms with E-state index < -0.39 is 9.84 Å². The number of nitrogens with zero attached hydrogens (tertiary/aromatic N) is 1. The van der Waals surface area contributed by atoms with Crippen molar-refractivity contribution in [1.82, 2.24) is 10.2 Å². The predicted octanol–water partition coefficient (Wildman–Crippen LogP) is 1.94. The standard InChI is InChI=1S/C17H26N2O3S/c1-3-23(21,22)16-7-5-4-6-15(16)17(20)19-12-9-14(10-13-19)8-11-18-2/h4-7,14,18H,3,8-13H2,1-2H3. The molecule has 0 spiro atoms.